The number of benzene rings is 1. The molecule has 0 spiro atoms. The first kappa shape index (κ1) is 8.59. The zero-order valence-electron chi connectivity index (χ0n) is 6.96. The maximum Gasteiger partial charge on any atom is 0.126 e. The lowest BCUT2D eigenvalue weighted by Crippen LogP contribution is -2.11. The van der Waals surface area contributed by atoms with Crippen LogP contribution in [0.25, 0.3) is 0 Å². The summed E-state index contributed by atoms with van der Waals surface area (Å²) in [5.74, 6) is -0.0167. The lowest BCUT2D eigenvalue weighted by Gasteiger charge is -2.03. The van der Waals surface area contributed by atoms with Crippen LogP contribution in [-0.4, -0.2) is 10.9 Å². The Morgan fingerprint density at radius 3 is 2.67 bits per heavy atom. The number of nitrogens with one attached hydrogen (secondary N) is 1. The Morgan fingerprint density at radius 1 is 1.58 bits per heavy atom. The number of nitrogens with two attached hydrogens (primary N) is 1. The molecule has 0 saturated carbocycles. The molecule has 3 nitrogen and oxygen atoms in total. The van der Waals surface area contributed by atoms with E-state index in [2.05, 4.69) is 0 Å². The van der Waals surface area contributed by atoms with Gasteiger partial charge in [-0.15, -0.1) is 0 Å². The van der Waals surface area contributed by atoms with Crippen molar-refractivity contribution >= 4 is 5.84 Å². The van der Waals surface area contributed by atoms with Crippen molar-refractivity contribution in [1.29, 1.82) is 5.41 Å². The normalized spacial score (nSPS) is 9.75. The molecule has 4 N–H and O–H groups in total. The van der Waals surface area contributed by atoms with Crippen LogP contribution in [0.2, 0.25) is 0 Å². The summed E-state index contributed by atoms with van der Waals surface area (Å²) in [7, 11) is 0. The molecule has 1 aromatic carbocycles. The van der Waals surface area contributed by atoms with E-state index in [0.717, 1.165) is 12.0 Å². The van der Waals surface area contributed by atoms with E-state index >= 15 is 0 Å². The first-order valence-corrected chi connectivity index (χ1v) is 3.81. The average molecular weight is 164 g/mol. The summed E-state index contributed by atoms with van der Waals surface area (Å²) in [6.45, 7) is 2.00. The van der Waals surface area contributed by atoms with Crippen molar-refractivity contribution in [2.45, 2.75) is 13.3 Å². The van der Waals surface area contributed by atoms with Crippen molar-refractivity contribution in [1.82, 2.24) is 0 Å². The van der Waals surface area contributed by atoms with Gasteiger partial charge in [0.1, 0.15) is 11.6 Å². The van der Waals surface area contributed by atoms with Gasteiger partial charge in [0.2, 0.25) is 0 Å². The van der Waals surface area contributed by atoms with Crippen LogP contribution in [0.15, 0.2) is 18.2 Å². The Morgan fingerprint density at radius 2 is 2.25 bits per heavy atom. The maximum atomic E-state index is 9.37. The summed E-state index contributed by atoms with van der Waals surface area (Å²) in [6, 6.07) is 5.16. The summed E-state index contributed by atoms with van der Waals surface area (Å²) in [5, 5.41) is 16.5. The number of aromatic hydroxyl groups is 1. The Bertz CT molecular complexity index is 307. The minimum absolute atomic E-state index is 0.0850. The molecule has 3 heteroatoms. The lowest BCUT2D eigenvalue weighted by molar-refractivity contribution is 0.473. The van der Waals surface area contributed by atoms with Crippen LogP contribution in [0.4, 0.5) is 0 Å². The van der Waals surface area contributed by atoms with Gasteiger partial charge in [0.15, 0.2) is 0 Å². The Labute approximate surface area is 71.3 Å². The van der Waals surface area contributed by atoms with Crippen molar-refractivity contribution < 1.29 is 5.11 Å². The van der Waals surface area contributed by atoms with Gasteiger partial charge >= 0.3 is 0 Å². The number of nitrogen functional groups attached to an aromatic ring is 1. The molecule has 0 radical (unpaired) electrons. The summed E-state index contributed by atoms with van der Waals surface area (Å²) in [4.78, 5) is 0. The van der Waals surface area contributed by atoms with E-state index < -0.39 is 0 Å². The van der Waals surface area contributed by atoms with E-state index in [9.17, 15) is 5.11 Å². The molecule has 12 heavy (non-hydrogen) atoms. The number of hydrogen-bond donors (Lipinski definition) is 3. The molecule has 0 amide bonds. The zero-order valence-corrected chi connectivity index (χ0v) is 6.96. The van der Waals surface area contributed by atoms with Gasteiger partial charge in [-0.25, -0.2) is 0 Å². The molecule has 0 aliphatic rings. The van der Waals surface area contributed by atoms with Crippen LogP contribution in [-0.2, 0) is 6.42 Å². The predicted molar refractivity (Wildman–Crippen MR) is 48.5 cm³/mol. The highest BCUT2D eigenvalue weighted by Gasteiger charge is 2.03. The van der Waals surface area contributed by atoms with Crippen LogP contribution in [0.1, 0.15) is 18.1 Å². The quantitative estimate of drug-likeness (QED) is 0.454. The molecule has 1 aromatic rings. The fourth-order valence-electron chi connectivity index (χ4n) is 1.02. The number of aryl methyl sites for hydroxylation is 1. The van der Waals surface area contributed by atoms with Crippen LogP contribution < -0.4 is 5.73 Å². The van der Waals surface area contributed by atoms with Crippen molar-refractivity contribution in [2.24, 2.45) is 5.73 Å². The Balaban J connectivity index is 3.12. The van der Waals surface area contributed by atoms with Crippen LogP contribution in [0, 0.1) is 5.41 Å². The molecule has 1 rings (SSSR count). The molecule has 0 aliphatic carbocycles. The molecular weight excluding hydrogens is 152 g/mol. The molecule has 0 aromatic heterocycles. The SMILES string of the molecule is CCc1ccc(C(=N)N)c(O)c1. The van der Waals surface area contributed by atoms with Crippen molar-refractivity contribution in [3.63, 3.8) is 0 Å². The second kappa shape index (κ2) is 3.26. The highest BCUT2D eigenvalue weighted by atomic mass is 16.3. The van der Waals surface area contributed by atoms with Gasteiger partial charge < -0.3 is 10.8 Å². The first-order valence-electron chi connectivity index (χ1n) is 3.81. The average Bonchev–Trinajstić information content (AvgIpc) is 2.03. The van der Waals surface area contributed by atoms with E-state index in [4.69, 9.17) is 11.1 Å². The standard InChI is InChI=1S/C9H12N2O/c1-2-6-3-4-7(9(10)11)8(12)5-6/h3-5,12H,2H2,1H3,(H3,10,11). The summed E-state index contributed by atoms with van der Waals surface area (Å²) in [6.07, 6.45) is 0.867. The topological polar surface area (TPSA) is 70.1 Å². The van der Waals surface area contributed by atoms with Gasteiger partial charge in [0.25, 0.3) is 0 Å². The van der Waals surface area contributed by atoms with Gasteiger partial charge in [-0.2, -0.15) is 0 Å². The minimum atomic E-state index is -0.102. The molecule has 0 bridgehead atoms. The molecule has 64 valence electrons. The fraction of sp³-hybridized carbons (Fsp3) is 0.222. The third-order valence-corrected chi connectivity index (χ3v) is 1.76. The first-order chi connectivity index (χ1) is 5.65. The van der Waals surface area contributed by atoms with Gasteiger partial charge in [0.05, 0.1) is 5.56 Å². The zero-order chi connectivity index (χ0) is 9.14. The minimum Gasteiger partial charge on any atom is -0.507 e. The van der Waals surface area contributed by atoms with E-state index in [-0.39, 0.29) is 11.6 Å². The monoisotopic (exact) mass is 164 g/mol. The third kappa shape index (κ3) is 1.56. The molecule has 0 unspecified atom stereocenters. The number of phenolic OH excluding ortho intramolecular Hbond substituents is 1. The molecule has 0 aliphatic heterocycles. The number of amidine groups is 1. The molecule has 0 saturated heterocycles. The van der Waals surface area contributed by atoms with Crippen LogP contribution >= 0.6 is 0 Å². The molecule has 0 atom stereocenters. The largest absolute Gasteiger partial charge is 0.507 e. The van der Waals surface area contributed by atoms with E-state index in [1.807, 2.05) is 13.0 Å². The van der Waals surface area contributed by atoms with Crippen LogP contribution in [0.3, 0.4) is 0 Å². The van der Waals surface area contributed by atoms with Crippen molar-refractivity contribution in [3.05, 3.63) is 29.3 Å². The fourth-order valence-corrected chi connectivity index (χ4v) is 1.02. The van der Waals surface area contributed by atoms with Gasteiger partial charge in [-0.05, 0) is 24.1 Å². The number of rotatable bonds is 2. The second-order valence-corrected chi connectivity index (χ2v) is 2.62. The van der Waals surface area contributed by atoms with E-state index in [0.29, 0.717) is 5.56 Å². The van der Waals surface area contributed by atoms with Gasteiger partial charge in [0, 0.05) is 0 Å². The van der Waals surface area contributed by atoms with E-state index in [1.54, 1.807) is 12.1 Å². The Hall–Kier alpha value is -1.51. The van der Waals surface area contributed by atoms with Gasteiger partial charge in [-0.1, -0.05) is 13.0 Å². The predicted octanol–water partition coefficient (Wildman–Crippen LogP) is 1.24. The lowest BCUT2D eigenvalue weighted by atomic mass is 10.1. The summed E-state index contributed by atoms with van der Waals surface area (Å²) >= 11 is 0. The maximum absolute atomic E-state index is 9.37. The highest BCUT2D eigenvalue weighted by molar-refractivity contribution is 5.97. The summed E-state index contributed by atoms with van der Waals surface area (Å²) in [5.41, 5.74) is 6.66. The molecular formula is C9H12N2O. The summed E-state index contributed by atoms with van der Waals surface area (Å²) < 4.78 is 0. The Kier molecular flexibility index (Phi) is 2.33. The van der Waals surface area contributed by atoms with Gasteiger partial charge in [-0.3, -0.25) is 5.41 Å². The molecule has 0 fully saturated rings. The van der Waals surface area contributed by atoms with Crippen molar-refractivity contribution in [2.75, 3.05) is 0 Å². The molecule has 0 heterocycles. The third-order valence-electron chi connectivity index (χ3n) is 1.76. The highest BCUT2D eigenvalue weighted by Crippen LogP contribution is 2.18. The number of phenols is 1. The number of hydrogen-bond acceptors (Lipinski definition) is 2. The van der Waals surface area contributed by atoms with Crippen LogP contribution in [0.5, 0.6) is 5.75 Å². The van der Waals surface area contributed by atoms with E-state index in [1.165, 1.54) is 0 Å². The second-order valence-electron chi connectivity index (χ2n) is 2.62. The smallest absolute Gasteiger partial charge is 0.126 e. The van der Waals surface area contributed by atoms with Crippen molar-refractivity contribution in [3.8, 4) is 5.75 Å².